The lowest BCUT2D eigenvalue weighted by molar-refractivity contribution is 0.390. The molecule has 2 rings (SSSR count). The minimum absolute atomic E-state index is 0.141. The SMILES string of the molecule is CCc1nc2n(n1)CC(NC(=NC)NCCNC(C)(C)C)CC2. The minimum atomic E-state index is 0.141. The van der Waals surface area contributed by atoms with Crippen molar-refractivity contribution in [1.29, 1.82) is 0 Å². The van der Waals surface area contributed by atoms with Gasteiger partial charge in [-0.25, -0.2) is 9.67 Å². The molecule has 130 valence electrons. The molecule has 1 aromatic heterocycles. The van der Waals surface area contributed by atoms with Crippen molar-refractivity contribution in [3.8, 4) is 0 Å². The fourth-order valence-electron chi connectivity index (χ4n) is 2.63. The van der Waals surface area contributed by atoms with Crippen LogP contribution < -0.4 is 16.0 Å². The molecule has 0 saturated carbocycles. The van der Waals surface area contributed by atoms with E-state index in [1.807, 2.05) is 11.7 Å². The van der Waals surface area contributed by atoms with Gasteiger partial charge < -0.3 is 16.0 Å². The van der Waals surface area contributed by atoms with Gasteiger partial charge in [-0.05, 0) is 27.2 Å². The van der Waals surface area contributed by atoms with Crippen molar-refractivity contribution in [3.05, 3.63) is 11.6 Å². The second-order valence-corrected chi connectivity index (χ2v) is 7.04. The Hall–Kier alpha value is -1.63. The Kier molecular flexibility index (Phi) is 5.98. The molecule has 0 amide bonds. The fourth-order valence-corrected chi connectivity index (χ4v) is 2.63. The van der Waals surface area contributed by atoms with Gasteiger partial charge in [0, 0.05) is 44.6 Å². The van der Waals surface area contributed by atoms with E-state index in [4.69, 9.17) is 0 Å². The van der Waals surface area contributed by atoms with Crippen molar-refractivity contribution < 1.29 is 0 Å². The van der Waals surface area contributed by atoms with E-state index >= 15 is 0 Å². The zero-order chi connectivity index (χ0) is 16.9. The first-order valence-electron chi connectivity index (χ1n) is 8.56. The number of nitrogens with zero attached hydrogens (tertiary/aromatic N) is 4. The summed E-state index contributed by atoms with van der Waals surface area (Å²) >= 11 is 0. The van der Waals surface area contributed by atoms with E-state index in [1.165, 1.54) is 0 Å². The van der Waals surface area contributed by atoms with E-state index in [0.717, 1.165) is 56.5 Å². The molecule has 2 heterocycles. The first kappa shape index (κ1) is 17.7. The predicted octanol–water partition coefficient (Wildman–Crippen LogP) is 0.708. The van der Waals surface area contributed by atoms with Crippen LogP contribution in [0, 0.1) is 0 Å². The molecular weight excluding hydrogens is 290 g/mol. The molecule has 0 fully saturated rings. The number of aliphatic imine (C=N–C) groups is 1. The van der Waals surface area contributed by atoms with Crippen LogP contribution in [0.2, 0.25) is 0 Å². The minimum Gasteiger partial charge on any atom is -0.355 e. The van der Waals surface area contributed by atoms with Crippen molar-refractivity contribution in [1.82, 2.24) is 30.7 Å². The number of nitrogens with one attached hydrogen (secondary N) is 3. The zero-order valence-electron chi connectivity index (χ0n) is 15.1. The van der Waals surface area contributed by atoms with Crippen LogP contribution in [0.5, 0.6) is 0 Å². The lowest BCUT2D eigenvalue weighted by Crippen LogP contribution is -2.49. The highest BCUT2D eigenvalue weighted by Gasteiger charge is 2.22. The average Bonchev–Trinajstić information content (AvgIpc) is 2.91. The Morgan fingerprint density at radius 1 is 1.35 bits per heavy atom. The first-order chi connectivity index (χ1) is 10.9. The normalized spacial score (nSPS) is 18.7. The van der Waals surface area contributed by atoms with Gasteiger partial charge in [0.05, 0.1) is 6.54 Å². The van der Waals surface area contributed by atoms with Crippen LogP contribution in [-0.4, -0.2) is 52.4 Å². The van der Waals surface area contributed by atoms with E-state index < -0.39 is 0 Å². The van der Waals surface area contributed by atoms with Gasteiger partial charge in [-0.1, -0.05) is 6.92 Å². The Balaban J connectivity index is 1.79. The molecule has 1 unspecified atom stereocenters. The van der Waals surface area contributed by atoms with Crippen molar-refractivity contribution in [3.63, 3.8) is 0 Å². The summed E-state index contributed by atoms with van der Waals surface area (Å²) < 4.78 is 2.04. The van der Waals surface area contributed by atoms with Crippen LogP contribution in [0.15, 0.2) is 4.99 Å². The third-order valence-electron chi connectivity index (χ3n) is 3.86. The van der Waals surface area contributed by atoms with E-state index in [0.29, 0.717) is 6.04 Å². The molecule has 0 radical (unpaired) electrons. The van der Waals surface area contributed by atoms with Gasteiger partial charge in [-0.3, -0.25) is 4.99 Å². The summed E-state index contributed by atoms with van der Waals surface area (Å²) in [4.78, 5) is 8.87. The number of hydrogen-bond donors (Lipinski definition) is 3. The summed E-state index contributed by atoms with van der Waals surface area (Å²) in [7, 11) is 1.81. The second kappa shape index (κ2) is 7.77. The molecule has 23 heavy (non-hydrogen) atoms. The molecule has 1 aliphatic heterocycles. The largest absolute Gasteiger partial charge is 0.355 e. The summed E-state index contributed by atoms with van der Waals surface area (Å²) in [5, 5.41) is 14.9. The van der Waals surface area contributed by atoms with E-state index in [9.17, 15) is 0 Å². The summed E-state index contributed by atoms with van der Waals surface area (Å²) in [6.45, 7) is 11.2. The predicted molar refractivity (Wildman–Crippen MR) is 93.8 cm³/mol. The molecule has 0 saturated heterocycles. The number of hydrogen-bond acceptors (Lipinski definition) is 4. The van der Waals surface area contributed by atoms with Gasteiger partial charge in [0.15, 0.2) is 11.8 Å². The molecule has 0 bridgehead atoms. The quantitative estimate of drug-likeness (QED) is 0.423. The topological polar surface area (TPSA) is 79.2 Å². The Morgan fingerprint density at radius 2 is 2.13 bits per heavy atom. The molecule has 3 N–H and O–H groups in total. The van der Waals surface area contributed by atoms with Crippen LogP contribution >= 0.6 is 0 Å². The second-order valence-electron chi connectivity index (χ2n) is 7.04. The molecule has 1 aromatic rings. The summed E-state index contributed by atoms with van der Waals surface area (Å²) in [5.74, 6) is 2.90. The van der Waals surface area contributed by atoms with Crippen LogP contribution in [-0.2, 0) is 19.4 Å². The lowest BCUT2D eigenvalue weighted by Gasteiger charge is -2.26. The summed E-state index contributed by atoms with van der Waals surface area (Å²) in [6, 6.07) is 0.343. The highest BCUT2D eigenvalue weighted by molar-refractivity contribution is 5.79. The van der Waals surface area contributed by atoms with Gasteiger partial charge in [0.25, 0.3) is 0 Å². The maximum atomic E-state index is 4.56. The number of rotatable bonds is 5. The van der Waals surface area contributed by atoms with E-state index in [-0.39, 0.29) is 5.54 Å². The van der Waals surface area contributed by atoms with Gasteiger partial charge in [0.1, 0.15) is 5.82 Å². The molecule has 0 spiro atoms. The summed E-state index contributed by atoms with van der Waals surface area (Å²) in [6.07, 6.45) is 2.91. The average molecular weight is 321 g/mol. The van der Waals surface area contributed by atoms with Crippen molar-refractivity contribution >= 4 is 5.96 Å². The van der Waals surface area contributed by atoms with Gasteiger partial charge in [-0.2, -0.15) is 5.10 Å². The maximum Gasteiger partial charge on any atom is 0.191 e. The molecule has 7 nitrogen and oxygen atoms in total. The van der Waals surface area contributed by atoms with Crippen LogP contribution in [0.3, 0.4) is 0 Å². The zero-order valence-corrected chi connectivity index (χ0v) is 15.1. The monoisotopic (exact) mass is 321 g/mol. The Labute approximate surface area is 139 Å². The number of aromatic nitrogens is 3. The Bertz CT molecular complexity index is 527. The Morgan fingerprint density at radius 3 is 2.78 bits per heavy atom. The number of aryl methyl sites for hydroxylation is 2. The van der Waals surface area contributed by atoms with Gasteiger partial charge >= 0.3 is 0 Å². The molecule has 0 aliphatic carbocycles. The lowest BCUT2D eigenvalue weighted by atomic mass is 10.1. The fraction of sp³-hybridized carbons (Fsp3) is 0.812. The van der Waals surface area contributed by atoms with Crippen molar-refractivity contribution in [2.75, 3.05) is 20.1 Å². The third kappa shape index (κ3) is 5.49. The smallest absolute Gasteiger partial charge is 0.191 e. The van der Waals surface area contributed by atoms with Gasteiger partial charge in [-0.15, -0.1) is 0 Å². The van der Waals surface area contributed by atoms with E-state index in [1.54, 1.807) is 0 Å². The van der Waals surface area contributed by atoms with Crippen LogP contribution in [0.1, 0.15) is 45.8 Å². The van der Waals surface area contributed by atoms with Crippen LogP contribution in [0.25, 0.3) is 0 Å². The highest BCUT2D eigenvalue weighted by Crippen LogP contribution is 2.13. The highest BCUT2D eigenvalue weighted by atomic mass is 15.4. The molecule has 1 atom stereocenters. The summed E-state index contributed by atoms with van der Waals surface area (Å²) in [5.41, 5.74) is 0.141. The maximum absolute atomic E-state index is 4.56. The number of guanidine groups is 1. The van der Waals surface area contributed by atoms with E-state index in [2.05, 4.69) is 58.7 Å². The standard InChI is InChI=1S/C16H31N7/c1-6-13-21-14-8-7-12(11-23(14)22-13)20-15(17-5)18-9-10-19-16(2,3)4/h12,19H,6-11H2,1-5H3,(H2,17,18,20). The van der Waals surface area contributed by atoms with Crippen LogP contribution in [0.4, 0.5) is 0 Å². The van der Waals surface area contributed by atoms with Gasteiger partial charge in [0.2, 0.25) is 0 Å². The molecule has 7 heteroatoms. The molecule has 0 aromatic carbocycles. The third-order valence-corrected chi connectivity index (χ3v) is 3.86. The first-order valence-corrected chi connectivity index (χ1v) is 8.56. The number of fused-ring (bicyclic) bond motifs is 1. The molecular formula is C16H31N7. The molecule has 1 aliphatic rings. The van der Waals surface area contributed by atoms with Crippen molar-refractivity contribution in [2.24, 2.45) is 4.99 Å². The van der Waals surface area contributed by atoms with Crippen molar-refractivity contribution in [2.45, 2.75) is 65.1 Å².